The van der Waals surface area contributed by atoms with Crippen LogP contribution in [0, 0.1) is 6.92 Å². The van der Waals surface area contributed by atoms with E-state index in [1.807, 2.05) is 13.8 Å². The number of methoxy groups -OCH3 is 1. The second-order valence-corrected chi connectivity index (χ2v) is 7.26. The molecular weight excluding hydrogens is 348 g/mol. The minimum Gasteiger partial charge on any atom is -0.495 e. The van der Waals surface area contributed by atoms with Gasteiger partial charge in [0, 0.05) is 29.7 Å². The summed E-state index contributed by atoms with van der Waals surface area (Å²) in [5, 5.41) is 0.394. The molecule has 6 heteroatoms. The minimum absolute atomic E-state index is 0.161. The Morgan fingerprint density at radius 2 is 2.04 bits per heavy atom. The van der Waals surface area contributed by atoms with Crippen LogP contribution in [0.2, 0.25) is 0 Å². The number of allylic oxidation sites excluding steroid dienone is 1. The molecule has 0 radical (unpaired) electrons. The molecule has 0 unspecified atom stereocenters. The summed E-state index contributed by atoms with van der Waals surface area (Å²) < 4.78 is 23.0. The van der Waals surface area contributed by atoms with Gasteiger partial charge < -0.3 is 18.6 Å². The van der Waals surface area contributed by atoms with Crippen LogP contribution in [0.25, 0.3) is 11.0 Å². The van der Waals surface area contributed by atoms with Crippen LogP contribution in [0.4, 0.5) is 0 Å². The fourth-order valence-corrected chi connectivity index (χ4v) is 3.22. The molecule has 0 amide bonds. The molecule has 0 bridgehead atoms. The van der Waals surface area contributed by atoms with E-state index < -0.39 is 11.7 Å². The van der Waals surface area contributed by atoms with Crippen LogP contribution in [-0.4, -0.2) is 24.8 Å². The topological polar surface area (TPSA) is 75.0 Å². The number of carbonyl (C=O) groups is 1. The van der Waals surface area contributed by atoms with Crippen molar-refractivity contribution in [1.29, 1.82) is 0 Å². The molecule has 3 rings (SSSR count). The lowest BCUT2D eigenvalue weighted by atomic mass is 9.95. The molecule has 144 valence electrons. The maximum Gasteiger partial charge on any atom is 0.334 e. The van der Waals surface area contributed by atoms with Crippen molar-refractivity contribution in [2.75, 3.05) is 7.11 Å². The first-order chi connectivity index (χ1) is 12.7. The van der Waals surface area contributed by atoms with Gasteiger partial charge in [-0.25, -0.2) is 4.79 Å². The lowest BCUT2D eigenvalue weighted by Gasteiger charge is -2.30. The third-order valence-electron chi connectivity index (χ3n) is 4.91. The van der Waals surface area contributed by atoms with Crippen LogP contribution < -0.4 is 14.9 Å². The number of esters is 1. The second kappa shape index (κ2) is 6.76. The molecule has 0 fully saturated rings. The fraction of sp³-hybridized carbons (Fsp3) is 0.429. The lowest BCUT2D eigenvalue weighted by molar-refractivity contribution is -0.159. The van der Waals surface area contributed by atoms with E-state index in [0.717, 1.165) is 5.56 Å². The summed E-state index contributed by atoms with van der Waals surface area (Å²) in [5.74, 6) is 1.15. The van der Waals surface area contributed by atoms with Crippen molar-refractivity contribution < 1.29 is 23.4 Å². The van der Waals surface area contributed by atoms with Crippen LogP contribution in [0.5, 0.6) is 11.5 Å². The van der Waals surface area contributed by atoms with Gasteiger partial charge >= 0.3 is 5.97 Å². The van der Waals surface area contributed by atoms with Gasteiger partial charge in [-0.2, -0.15) is 0 Å². The molecule has 6 nitrogen and oxygen atoms in total. The summed E-state index contributed by atoms with van der Waals surface area (Å²) >= 11 is 0. The van der Waals surface area contributed by atoms with E-state index in [2.05, 4.69) is 0 Å². The van der Waals surface area contributed by atoms with Gasteiger partial charge in [0.25, 0.3) is 0 Å². The van der Waals surface area contributed by atoms with E-state index in [0.29, 0.717) is 40.2 Å². The van der Waals surface area contributed by atoms with Crippen molar-refractivity contribution in [3.63, 3.8) is 0 Å². The molecule has 0 aliphatic carbocycles. The largest absolute Gasteiger partial charge is 0.495 e. The van der Waals surface area contributed by atoms with Gasteiger partial charge in [0.2, 0.25) is 0 Å². The Hall–Kier alpha value is -2.76. The number of rotatable bonds is 4. The number of hydrogen-bond acceptors (Lipinski definition) is 6. The zero-order valence-electron chi connectivity index (χ0n) is 16.5. The normalized spacial score (nSPS) is 16.8. The summed E-state index contributed by atoms with van der Waals surface area (Å²) in [6.07, 6.45) is 1.75. The molecule has 0 N–H and O–H groups in total. The van der Waals surface area contributed by atoms with Gasteiger partial charge in [-0.3, -0.25) is 4.79 Å². The summed E-state index contributed by atoms with van der Waals surface area (Å²) in [4.78, 5) is 24.6. The Morgan fingerprint density at radius 1 is 1.33 bits per heavy atom. The summed E-state index contributed by atoms with van der Waals surface area (Å²) in [6, 6.07) is 3.15. The highest BCUT2D eigenvalue weighted by molar-refractivity contribution is 5.88. The first kappa shape index (κ1) is 19.0. The quantitative estimate of drug-likeness (QED) is 0.602. The summed E-state index contributed by atoms with van der Waals surface area (Å²) in [7, 11) is 1.52. The predicted molar refractivity (Wildman–Crippen MR) is 101 cm³/mol. The molecule has 27 heavy (non-hydrogen) atoms. The van der Waals surface area contributed by atoms with Gasteiger partial charge in [0.05, 0.1) is 7.11 Å². The number of hydrogen-bond donors (Lipinski definition) is 0. The number of benzene rings is 1. The van der Waals surface area contributed by atoms with E-state index in [-0.39, 0.29) is 11.4 Å². The first-order valence-corrected chi connectivity index (χ1v) is 8.85. The van der Waals surface area contributed by atoms with E-state index in [1.165, 1.54) is 13.2 Å². The SMILES string of the molecule is CC=C(C)C(=O)OC(C)(C)[C@@H]1Cc2c(cc3oc(C)cc(=O)c3c2OC)O1. The van der Waals surface area contributed by atoms with Crippen LogP contribution in [0.3, 0.4) is 0 Å². The van der Waals surface area contributed by atoms with Gasteiger partial charge in [0.1, 0.15) is 39.9 Å². The Labute approximate surface area is 157 Å². The van der Waals surface area contributed by atoms with Crippen molar-refractivity contribution in [2.45, 2.75) is 52.7 Å². The van der Waals surface area contributed by atoms with Crippen molar-refractivity contribution in [1.82, 2.24) is 0 Å². The van der Waals surface area contributed by atoms with Gasteiger partial charge in [-0.15, -0.1) is 0 Å². The highest BCUT2D eigenvalue weighted by atomic mass is 16.6. The van der Waals surface area contributed by atoms with Gasteiger partial charge in [0.15, 0.2) is 5.43 Å². The Bertz CT molecular complexity index is 996. The summed E-state index contributed by atoms with van der Waals surface area (Å²) in [5.41, 5.74) is 0.692. The van der Waals surface area contributed by atoms with Crippen molar-refractivity contribution in [3.8, 4) is 11.5 Å². The van der Waals surface area contributed by atoms with Crippen LogP contribution in [0.1, 0.15) is 39.0 Å². The first-order valence-electron chi connectivity index (χ1n) is 8.85. The second-order valence-electron chi connectivity index (χ2n) is 7.26. The molecule has 2 heterocycles. The third kappa shape index (κ3) is 3.31. The molecule has 2 aromatic rings. The number of fused-ring (bicyclic) bond motifs is 2. The zero-order chi connectivity index (χ0) is 19.9. The van der Waals surface area contributed by atoms with Gasteiger partial charge in [-0.1, -0.05) is 6.08 Å². The number of carbonyl (C=O) groups excluding carboxylic acids is 1. The average molecular weight is 372 g/mol. The van der Waals surface area contributed by atoms with Gasteiger partial charge in [-0.05, 0) is 34.6 Å². The minimum atomic E-state index is -0.870. The van der Waals surface area contributed by atoms with Crippen LogP contribution >= 0.6 is 0 Å². The molecule has 1 aliphatic heterocycles. The molecular formula is C21H24O6. The fourth-order valence-electron chi connectivity index (χ4n) is 3.22. The number of aryl methyl sites for hydroxylation is 1. The molecule has 0 saturated carbocycles. The Balaban J connectivity index is 2.01. The average Bonchev–Trinajstić information content (AvgIpc) is 3.03. The highest BCUT2D eigenvalue weighted by Crippen LogP contribution is 2.43. The molecule has 1 aliphatic rings. The Kier molecular flexibility index (Phi) is 4.76. The van der Waals surface area contributed by atoms with Crippen LogP contribution in [-0.2, 0) is 16.0 Å². The molecule has 1 aromatic carbocycles. The Morgan fingerprint density at radius 3 is 2.67 bits per heavy atom. The number of ether oxygens (including phenoxy) is 3. The van der Waals surface area contributed by atoms with Crippen molar-refractivity contribution in [3.05, 3.63) is 45.3 Å². The van der Waals surface area contributed by atoms with E-state index in [1.54, 1.807) is 32.9 Å². The zero-order valence-corrected chi connectivity index (χ0v) is 16.5. The molecule has 1 atom stereocenters. The summed E-state index contributed by atoms with van der Waals surface area (Å²) in [6.45, 7) is 8.83. The molecule has 0 saturated heterocycles. The predicted octanol–water partition coefficient (Wildman–Crippen LogP) is 3.70. The molecule has 1 aromatic heterocycles. The maximum absolute atomic E-state index is 12.5. The van der Waals surface area contributed by atoms with E-state index in [9.17, 15) is 9.59 Å². The molecule has 0 spiro atoms. The van der Waals surface area contributed by atoms with E-state index in [4.69, 9.17) is 18.6 Å². The smallest absolute Gasteiger partial charge is 0.334 e. The maximum atomic E-state index is 12.5. The standard InChI is InChI=1S/C21H24O6/c1-7-11(2)20(23)27-21(4,5)17-9-13-15(26-17)10-16-18(19(13)24-6)14(22)8-12(3)25-16/h7-8,10,17H,9H2,1-6H3/t17-/m0/s1. The third-order valence-corrected chi connectivity index (χ3v) is 4.91. The van der Waals surface area contributed by atoms with Crippen molar-refractivity contribution >= 4 is 16.9 Å². The lowest BCUT2D eigenvalue weighted by Crippen LogP contribution is -2.43. The monoisotopic (exact) mass is 372 g/mol. The van der Waals surface area contributed by atoms with E-state index >= 15 is 0 Å². The van der Waals surface area contributed by atoms with Crippen molar-refractivity contribution in [2.24, 2.45) is 0 Å². The highest BCUT2D eigenvalue weighted by Gasteiger charge is 2.41. The van der Waals surface area contributed by atoms with Crippen LogP contribution in [0.15, 0.2) is 33.0 Å².